The third-order valence-electron chi connectivity index (χ3n) is 6.44. The number of methoxy groups -OCH3 is 1. The number of hydrogen-bond acceptors (Lipinski definition) is 3. The van der Waals surface area contributed by atoms with Crippen LogP contribution in [0.2, 0.25) is 0 Å². The van der Waals surface area contributed by atoms with E-state index in [1.807, 2.05) is 0 Å². The molecule has 1 aromatic rings. The first-order valence-electron chi connectivity index (χ1n) is 9.87. The van der Waals surface area contributed by atoms with Gasteiger partial charge in [0.25, 0.3) is 0 Å². The number of likely N-dealkylation sites (tertiary alicyclic amines) is 2. The van der Waals surface area contributed by atoms with Gasteiger partial charge in [0, 0.05) is 33.0 Å². The van der Waals surface area contributed by atoms with Crippen molar-refractivity contribution < 1.29 is 9.53 Å². The second kappa shape index (κ2) is 7.08. The molecule has 1 unspecified atom stereocenters. The highest BCUT2D eigenvalue weighted by atomic mass is 16.5. The van der Waals surface area contributed by atoms with E-state index in [9.17, 15) is 4.79 Å². The average Bonchev–Trinajstić information content (AvgIpc) is 3.09. The fourth-order valence-electron chi connectivity index (χ4n) is 5.04. The van der Waals surface area contributed by atoms with Crippen LogP contribution in [0, 0.1) is 0 Å². The Kier molecular flexibility index (Phi) is 4.83. The molecule has 2 aliphatic heterocycles. The molecule has 0 N–H and O–H groups in total. The number of amides is 1. The minimum absolute atomic E-state index is 0.194. The Morgan fingerprint density at radius 1 is 1.04 bits per heavy atom. The van der Waals surface area contributed by atoms with Gasteiger partial charge in [-0.3, -0.25) is 9.69 Å². The minimum atomic E-state index is -0.361. The van der Waals surface area contributed by atoms with Crippen LogP contribution in [0.5, 0.6) is 0 Å². The number of rotatable bonds is 3. The zero-order valence-corrected chi connectivity index (χ0v) is 15.4. The molecule has 0 bridgehead atoms. The van der Waals surface area contributed by atoms with E-state index in [0.717, 1.165) is 51.9 Å². The van der Waals surface area contributed by atoms with Crippen LogP contribution in [-0.2, 0) is 22.4 Å². The number of carbonyl (C=O) groups is 1. The molecular formula is C21H30N2O2. The van der Waals surface area contributed by atoms with Crippen molar-refractivity contribution in [2.75, 3.05) is 33.3 Å². The second-order valence-corrected chi connectivity index (χ2v) is 7.95. The summed E-state index contributed by atoms with van der Waals surface area (Å²) in [5, 5.41) is 0. The van der Waals surface area contributed by atoms with Crippen molar-refractivity contribution in [2.45, 2.75) is 56.6 Å². The highest BCUT2D eigenvalue weighted by Gasteiger charge is 2.50. The summed E-state index contributed by atoms with van der Waals surface area (Å²) >= 11 is 0. The SMILES string of the molecule is COC1CCCN(C(=O)C2(N3CCCCC3)Cc3ccccc3C2)C1. The van der Waals surface area contributed by atoms with Crippen molar-refractivity contribution in [3.8, 4) is 0 Å². The van der Waals surface area contributed by atoms with Crippen molar-refractivity contribution in [2.24, 2.45) is 0 Å². The summed E-state index contributed by atoms with van der Waals surface area (Å²) < 4.78 is 5.57. The monoisotopic (exact) mass is 342 g/mol. The number of carbonyl (C=O) groups excluding carboxylic acids is 1. The number of nitrogens with zero attached hydrogens (tertiary/aromatic N) is 2. The molecule has 136 valence electrons. The molecule has 2 saturated heterocycles. The lowest BCUT2D eigenvalue weighted by atomic mass is 9.88. The van der Waals surface area contributed by atoms with Crippen LogP contribution in [0.4, 0.5) is 0 Å². The molecule has 0 saturated carbocycles. The molecule has 1 aromatic carbocycles. The average molecular weight is 342 g/mol. The van der Waals surface area contributed by atoms with Gasteiger partial charge in [-0.15, -0.1) is 0 Å². The van der Waals surface area contributed by atoms with E-state index in [1.54, 1.807) is 7.11 Å². The number of piperidine rings is 2. The molecule has 4 rings (SSSR count). The van der Waals surface area contributed by atoms with Crippen molar-refractivity contribution in [3.63, 3.8) is 0 Å². The van der Waals surface area contributed by atoms with Gasteiger partial charge in [-0.25, -0.2) is 0 Å². The predicted molar refractivity (Wildman–Crippen MR) is 98.6 cm³/mol. The van der Waals surface area contributed by atoms with Gasteiger partial charge in [-0.1, -0.05) is 30.7 Å². The van der Waals surface area contributed by atoms with Gasteiger partial charge in [0.05, 0.1) is 6.10 Å². The van der Waals surface area contributed by atoms with Gasteiger partial charge in [-0.2, -0.15) is 0 Å². The molecule has 0 radical (unpaired) electrons. The van der Waals surface area contributed by atoms with E-state index in [2.05, 4.69) is 34.1 Å². The summed E-state index contributed by atoms with van der Waals surface area (Å²) in [7, 11) is 1.77. The van der Waals surface area contributed by atoms with Crippen molar-refractivity contribution in [1.29, 1.82) is 0 Å². The summed E-state index contributed by atoms with van der Waals surface area (Å²) in [6.07, 6.45) is 7.78. The first-order chi connectivity index (χ1) is 12.2. The second-order valence-electron chi connectivity index (χ2n) is 7.95. The Morgan fingerprint density at radius 2 is 1.72 bits per heavy atom. The predicted octanol–water partition coefficient (Wildman–Crippen LogP) is 2.65. The molecule has 1 amide bonds. The summed E-state index contributed by atoms with van der Waals surface area (Å²) in [5.74, 6) is 0.340. The van der Waals surface area contributed by atoms with Gasteiger partial charge in [0.1, 0.15) is 5.54 Å². The third kappa shape index (κ3) is 3.11. The molecule has 0 spiro atoms. The Bertz CT molecular complexity index is 599. The lowest BCUT2D eigenvalue weighted by Gasteiger charge is -2.46. The minimum Gasteiger partial charge on any atom is -0.380 e. The van der Waals surface area contributed by atoms with Crippen LogP contribution >= 0.6 is 0 Å². The van der Waals surface area contributed by atoms with Crippen molar-refractivity contribution >= 4 is 5.91 Å². The lowest BCUT2D eigenvalue weighted by molar-refractivity contribution is -0.148. The van der Waals surface area contributed by atoms with Crippen LogP contribution in [-0.4, -0.2) is 60.6 Å². The fraction of sp³-hybridized carbons (Fsp3) is 0.667. The Labute approximate surface area is 151 Å². The van der Waals surface area contributed by atoms with E-state index in [-0.39, 0.29) is 11.6 Å². The fourth-order valence-corrected chi connectivity index (χ4v) is 5.04. The molecule has 3 aliphatic rings. The van der Waals surface area contributed by atoms with E-state index in [1.165, 1.54) is 30.4 Å². The molecule has 2 heterocycles. The zero-order chi connectivity index (χ0) is 17.3. The van der Waals surface area contributed by atoms with Gasteiger partial charge >= 0.3 is 0 Å². The first-order valence-corrected chi connectivity index (χ1v) is 9.87. The zero-order valence-electron chi connectivity index (χ0n) is 15.4. The quantitative estimate of drug-likeness (QED) is 0.847. The van der Waals surface area contributed by atoms with Crippen LogP contribution in [0.25, 0.3) is 0 Å². The molecule has 4 heteroatoms. The number of ether oxygens (including phenoxy) is 1. The van der Waals surface area contributed by atoms with Crippen LogP contribution < -0.4 is 0 Å². The molecule has 4 nitrogen and oxygen atoms in total. The summed E-state index contributed by atoms with van der Waals surface area (Å²) in [6, 6.07) is 8.64. The molecule has 1 atom stereocenters. The normalized spacial score (nSPS) is 26.4. The van der Waals surface area contributed by atoms with E-state index in [4.69, 9.17) is 4.74 Å². The van der Waals surface area contributed by atoms with Crippen LogP contribution in [0.15, 0.2) is 24.3 Å². The maximum Gasteiger partial charge on any atom is 0.243 e. The van der Waals surface area contributed by atoms with E-state index < -0.39 is 0 Å². The lowest BCUT2D eigenvalue weighted by Crippen LogP contribution is -2.63. The highest BCUT2D eigenvalue weighted by molar-refractivity contribution is 5.88. The Morgan fingerprint density at radius 3 is 2.36 bits per heavy atom. The van der Waals surface area contributed by atoms with E-state index in [0.29, 0.717) is 5.91 Å². The highest BCUT2D eigenvalue weighted by Crippen LogP contribution is 2.38. The Balaban J connectivity index is 1.63. The van der Waals surface area contributed by atoms with Crippen LogP contribution in [0.3, 0.4) is 0 Å². The van der Waals surface area contributed by atoms with E-state index >= 15 is 0 Å². The molecule has 2 fully saturated rings. The van der Waals surface area contributed by atoms with Gasteiger partial charge < -0.3 is 9.64 Å². The topological polar surface area (TPSA) is 32.8 Å². The first kappa shape index (κ1) is 17.0. The van der Waals surface area contributed by atoms with Crippen LogP contribution in [0.1, 0.15) is 43.2 Å². The smallest absolute Gasteiger partial charge is 0.243 e. The number of benzene rings is 1. The number of hydrogen-bond donors (Lipinski definition) is 0. The summed E-state index contributed by atoms with van der Waals surface area (Å²) in [6.45, 7) is 3.74. The van der Waals surface area contributed by atoms with Gasteiger partial charge in [0.2, 0.25) is 5.91 Å². The van der Waals surface area contributed by atoms with Crippen molar-refractivity contribution in [3.05, 3.63) is 35.4 Å². The third-order valence-corrected chi connectivity index (χ3v) is 6.44. The molecule has 1 aliphatic carbocycles. The largest absolute Gasteiger partial charge is 0.380 e. The Hall–Kier alpha value is -1.39. The maximum absolute atomic E-state index is 13.8. The van der Waals surface area contributed by atoms with Gasteiger partial charge in [0.15, 0.2) is 0 Å². The molecule has 25 heavy (non-hydrogen) atoms. The standard InChI is InChI=1S/C21H30N2O2/c1-25-19-10-7-11-22(16-19)20(24)21(23-12-5-2-6-13-23)14-17-8-3-4-9-18(17)15-21/h3-4,8-9,19H,2,5-7,10-16H2,1H3. The maximum atomic E-state index is 13.8. The van der Waals surface area contributed by atoms with Crippen molar-refractivity contribution in [1.82, 2.24) is 9.80 Å². The summed E-state index contributed by atoms with van der Waals surface area (Å²) in [5.41, 5.74) is 2.36. The molecular weight excluding hydrogens is 312 g/mol. The van der Waals surface area contributed by atoms with Gasteiger partial charge in [-0.05, 0) is 49.9 Å². The number of fused-ring (bicyclic) bond motifs is 1. The molecule has 0 aromatic heterocycles. The summed E-state index contributed by atoms with van der Waals surface area (Å²) in [4.78, 5) is 18.4.